The van der Waals surface area contributed by atoms with Crippen molar-refractivity contribution in [2.24, 2.45) is 0 Å². The van der Waals surface area contributed by atoms with Crippen molar-refractivity contribution >= 4 is 0 Å². The van der Waals surface area contributed by atoms with Gasteiger partial charge in [-0.1, -0.05) is 206 Å². The van der Waals surface area contributed by atoms with E-state index in [0.29, 0.717) is 0 Å². The molecule has 1 atom stereocenters. The summed E-state index contributed by atoms with van der Waals surface area (Å²) in [6.45, 7) is 7.56. The highest BCUT2D eigenvalue weighted by atomic mass is 16.6. The van der Waals surface area contributed by atoms with Crippen molar-refractivity contribution in [2.45, 2.75) is 225 Å². The van der Waals surface area contributed by atoms with E-state index in [0.717, 1.165) is 19.8 Å². The lowest BCUT2D eigenvalue weighted by atomic mass is 10.0. The summed E-state index contributed by atoms with van der Waals surface area (Å²) in [6.07, 6.45) is 46.2. The van der Waals surface area contributed by atoms with Gasteiger partial charge in [0.2, 0.25) is 0 Å². The highest BCUT2D eigenvalue weighted by Gasteiger charge is 2.19. The highest BCUT2D eigenvalue weighted by molar-refractivity contribution is 4.65. The van der Waals surface area contributed by atoms with E-state index in [2.05, 4.69) is 18.6 Å². The largest absolute Gasteiger partial charge is 0.394 e. The van der Waals surface area contributed by atoms with Gasteiger partial charge in [0.25, 0.3) is 0 Å². The molecule has 0 aromatic rings. The van der Waals surface area contributed by atoms with E-state index in [-0.39, 0.29) is 12.7 Å². The monoisotopic (exact) mass is 597 g/mol. The van der Waals surface area contributed by atoms with Gasteiger partial charge >= 0.3 is 0 Å². The van der Waals surface area contributed by atoms with Gasteiger partial charge in [-0.2, -0.15) is 0 Å². The van der Waals surface area contributed by atoms with E-state index < -0.39 is 0 Å². The first kappa shape index (κ1) is 41.9. The van der Waals surface area contributed by atoms with Crippen LogP contribution in [0, 0.1) is 0 Å². The Morgan fingerprint density at radius 1 is 0.405 bits per heavy atom. The van der Waals surface area contributed by atoms with Gasteiger partial charge in [0, 0.05) is 13.2 Å². The van der Waals surface area contributed by atoms with Crippen LogP contribution in [-0.4, -0.2) is 37.6 Å². The van der Waals surface area contributed by atoms with E-state index in [4.69, 9.17) is 9.84 Å². The van der Waals surface area contributed by atoms with Crippen molar-refractivity contribution in [3.8, 4) is 0 Å². The summed E-state index contributed by atoms with van der Waals surface area (Å²) in [5.74, 6) is 0. The molecule has 1 saturated heterocycles. The van der Waals surface area contributed by atoms with Crippen LogP contribution in [0.25, 0.3) is 0 Å². The Hall–Kier alpha value is -0.120. The molecule has 0 spiro atoms. The number of hydrogen-bond acceptors (Lipinski definition) is 3. The Balaban J connectivity index is 0.00000301. The molecule has 1 aliphatic heterocycles. The number of aliphatic hydroxyl groups is 1. The second-order valence-corrected chi connectivity index (χ2v) is 13.4. The quantitative estimate of drug-likeness (QED) is 0.0584. The zero-order valence-electron chi connectivity index (χ0n) is 29.3. The molecule has 0 amide bonds. The Kier molecular flexibility index (Phi) is 38.8. The molecule has 0 aromatic heterocycles. The predicted molar refractivity (Wildman–Crippen MR) is 187 cm³/mol. The Bertz CT molecular complexity index is 417. The van der Waals surface area contributed by atoms with Crippen LogP contribution >= 0.6 is 0 Å². The van der Waals surface area contributed by atoms with E-state index in [1.54, 1.807) is 0 Å². The first-order chi connectivity index (χ1) is 20.8. The van der Waals surface area contributed by atoms with Gasteiger partial charge in [-0.3, -0.25) is 0 Å². The first-order valence-corrected chi connectivity index (χ1v) is 19.6. The summed E-state index contributed by atoms with van der Waals surface area (Å²) in [4.78, 5) is 0. The Morgan fingerprint density at radius 2 is 0.619 bits per heavy atom. The number of epoxide rings is 1. The molecule has 3 heteroatoms. The summed E-state index contributed by atoms with van der Waals surface area (Å²) in [5.41, 5.74) is 0. The maximum atomic E-state index is 8.08. The van der Waals surface area contributed by atoms with Gasteiger partial charge in [0.15, 0.2) is 0 Å². The highest BCUT2D eigenvalue weighted by Crippen LogP contribution is 2.15. The fourth-order valence-corrected chi connectivity index (χ4v) is 5.78. The fourth-order valence-electron chi connectivity index (χ4n) is 5.78. The summed E-state index contributed by atoms with van der Waals surface area (Å²) in [5, 5.41) is 8.08. The fraction of sp³-hybridized carbons (Fsp3) is 1.00. The number of aliphatic hydroxyl groups excluding tert-OH is 1. The molecular weight excluding hydrogens is 516 g/mol. The van der Waals surface area contributed by atoms with Gasteiger partial charge in [-0.15, -0.1) is 0 Å². The van der Waals surface area contributed by atoms with E-state index in [1.165, 1.54) is 205 Å². The minimum absolute atomic E-state index is 0.190. The van der Waals surface area contributed by atoms with Crippen LogP contribution in [0.3, 0.4) is 0 Å². The van der Waals surface area contributed by atoms with Gasteiger partial charge in [-0.05, 0) is 12.8 Å². The third-order valence-corrected chi connectivity index (χ3v) is 8.89. The number of unbranched alkanes of at least 4 members (excludes halogenated alkanes) is 30. The van der Waals surface area contributed by atoms with Crippen molar-refractivity contribution in [3.05, 3.63) is 0 Å². The molecule has 42 heavy (non-hydrogen) atoms. The Labute approximate surface area is 266 Å². The lowest BCUT2D eigenvalue weighted by Crippen LogP contribution is -1.97. The lowest BCUT2D eigenvalue weighted by molar-refractivity contribution is 0.125. The van der Waals surface area contributed by atoms with Crippen molar-refractivity contribution in [1.29, 1.82) is 0 Å². The van der Waals surface area contributed by atoms with Crippen LogP contribution in [-0.2, 0) is 9.47 Å². The predicted octanol–water partition coefficient (Wildman–Crippen LogP) is 12.9. The summed E-state index contributed by atoms with van der Waals surface area (Å²) in [6, 6.07) is 0. The molecule has 1 unspecified atom stereocenters. The first-order valence-electron chi connectivity index (χ1n) is 19.6. The molecule has 3 nitrogen and oxygen atoms in total. The zero-order chi connectivity index (χ0) is 30.4. The average Bonchev–Trinajstić information content (AvgIpc) is 3.85. The molecule has 0 aliphatic carbocycles. The van der Waals surface area contributed by atoms with Crippen LogP contribution in [0.4, 0.5) is 0 Å². The second-order valence-electron chi connectivity index (χ2n) is 13.4. The topological polar surface area (TPSA) is 42.0 Å². The summed E-state index contributed by atoms with van der Waals surface area (Å²) >= 11 is 0. The van der Waals surface area contributed by atoms with Gasteiger partial charge in [-0.25, -0.2) is 0 Å². The van der Waals surface area contributed by atoms with Crippen molar-refractivity contribution in [1.82, 2.24) is 0 Å². The molecule has 1 fully saturated rings. The normalized spacial score (nSPS) is 14.2. The van der Waals surface area contributed by atoms with E-state index >= 15 is 0 Å². The summed E-state index contributed by atoms with van der Waals surface area (Å²) in [7, 11) is 0. The van der Waals surface area contributed by atoms with E-state index in [1.807, 2.05) is 0 Å². The third kappa shape index (κ3) is 39.9. The molecule has 0 bridgehead atoms. The van der Waals surface area contributed by atoms with Crippen molar-refractivity contribution in [2.75, 3.05) is 26.4 Å². The molecule has 1 aliphatic rings. The van der Waals surface area contributed by atoms with E-state index in [9.17, 15) is 0 Å². The molecular formula is C39H80O3. The minimum Gasteiger partial charge on any atom is -0.394 e. The van der Waals surface area contributed by atoms with Crippen molar-refractivity contribution < 1.29 is 14.6 Å². The summed E-state index contributed by atoms with van der Waals surface area (Å²) < 4.78 is 10.5. The number of rotatable bonds is 35. The smallest absolute Gasteiger partial charge is 0.104 e. The average molecular weight is 597 g/mol. The van der Waals surface area contributed by atoms with Gasteiger partial charge < -0.3 is 14.6 Å². The molecule has 0 saturated carbocycles. The van der Waals surface area contributed by atoms with Gasteiger partial charge in [0.1, 0.15) is 6.10 Å². The molecule has 0 radical (unpaired) electrons. The maximum absolute atomic E-state index is 8.08. The number of hydrogen-bond donors (Lipinski definition) is 1. The van der Waals surface area contributed by atoms with Crippen LogP contribution in [0.5, 0.6) is 0 Å². The minimum atomic E-state index is 0.190. The lowest BCUT2D eigenvalue weighted by Gasteiger charge is -2.06. The molecule has 1 N–H and O–H groups in total. The van der Waals surface area contributed by atoms with Crippen LogP contribution in [0.1, 0.15) is 219 Å². The zero-order valence-corrected chi connectivity index (χ0v) is 29.3. The van der Waals surface area contributed by atoms with Crippen LogP contribution in [0.2, 0.25) is 0 Å². The van der Waals surface area contributed by atoms with Crippen LogP contribution < -0.4 is 0 Å². The maximum Gasteiger partial charge on any atom is 0.104 e. The van der Waals surface area contributed by atoms with Crippen LogP contribution in [0.15, 0.2) is 0 Å². The molecule has 1 heterocycles. The standard InChI is InChI=1S/C36H74O.C3H6O2/c1-3-5-7-9-11-13-15-17-19-21-23-25-27-29-31-33-35-37-36-34-32-30-28-26-24-22-20-18-16-14-12-10-8-6-4-2;4-1-3-2-5-3/h3-36H2,1-2H3;3-4H,1-2H2. The number of ether oxygens (including phenoxy) is 2. The molecule has 1 rings (SSSR count). The van der Waals surface area contributed by atoms with Crippen molar-refractivity contribution in [3.63, 3.8) is 0 Å². The molecule has 0 aromatic carbocycles. The Morgan fingerprint density at radius 3 is 0.786 bits per heavy atom. The SMILES string of the molecule is CCCCCCCCCCCCCCCCCCOCCCCCCCCCCCCCCCCCC.OCC1CO1. The third-order valence-electron chi connectivity index (χ3n) is 8.89. The van der Waals surface area contributed by atoms with Gasteiger partial charge in [0.05, 0.1) is 13.2 Å². The second kappa shape index (κ2) is 38.9. The molecule has 254 valence electrons.